The predicted octanol–water partition coefficient (Wildman–Crippen LogP) is 2.09. The number of aromatic hydroxyl groups is 1. The average Bonchev–Trinajstić information content (AvgIpc) is 2.17. The minimum absolute atomic E-state index is 0.0244. The Labute approximate surface area is 83.3 Å². The number of hydrogen-bond acceptors (Lipinski definition) is 3. The van der Waals surface area contributed by atoms with E-state index in [1.807, 2.05) is 6.92 Å². The van der Waals surface area contributed by atoms with Gasteiger partial charge in [-0.05, 0) is 18.1 Å². The zero-order valence-electron chi connectivity index (χ0n) is 8.36. The fraction of sp³-hybridized carbons (Fsp3) is 0.364. The number of hydrogen-bond donors (Lipinski definition) is 1. The molecule has 0 aliphatic heterocycles. The minimum atomic E-state index is -0.0244. The minimum Gasteiger partial charge on any atom is -0.508 e. The van der Waals surface area contributed by atoms with E-state index < -0.39 is 0 Å². The Bertz CT molecular complexity index is 320. The van der Waals surface area contributed by atoms with Gasteiger partial charge in [0.25, 0.3) is 0 Å². The zero-order valence-corrected chi connectivity index (χ0v) is 8.36. The van der Waals surface area contributed by atoms with E-state index in [-0.39, 0.29) is 11.7 Å². The first-order chi connectivity index (χ1) is 6.70. The van der Waals surface area contributed by atoms with Crippen molar-refractivity contribution in [3.63, 3.8) is 0 Å². The van der Waals surface area contributed by atoms with E-state index in [0.29, 0.717) is 17.7 Å². The van der Waals surface area contributed by atoms with Crippen LogP contribution in [0.15, 0.2) is 18.2 Å². The van der Waals surface area contributed by atoms with Crippen LogP contribution in [-0.2, 0) is 4.79 Å². The molecular weight excluding hydrogens is 180 g/mol. The molecule has 14 heavy (non-hydrogen) atoms. The van der Waals surface area contributed by atoms with E-state index in [0.717, 1.165) is 6.29 Å². The molecule has 0 fully saturated rings. The van der Waals surface area contributed by atoms with Gasteiger partial charge in [-0.2, -0.15) is 0 Å². The fourth-order valence-electron chi connectivity index (χ4n) is 1.47. The van der Waals surface area contributed by atoms with Crippen LogP contribution >= 0.6 is 0 Å². The third kappa shape index (κ3) is 2.05. The van der Waals surface area contributed by atoms with Gasteiger partial charge in [0.2, 0.25) is 0 Å². The second-order valence-electron chi connectivity index (χ2n) is 3.20. The predicted molar refractivity (Wildman–Crippen MR) is 53.8 cm³/mol. The Morgan fingerprint density at radius 1 is 1.57 bits per heavy atom. The summed E-state index contributed by atoms with van der Waals surface area (Å²) < 4.78 is 5.12. The van der Waals surface area contributed by atoms with Crippen molar-refractivity contribution in [2.24, 2.45) is 0 Å². The first kappa shape index (κ1) is 10.6. The standard InChI is InChI=1S/C11H14O3/c1-8(6-7-12)11-9(13)4-3-5-10(11)14-2/h3-5,7-8,13H,6H2,1-2H3. The molecule has 3 nitrogen and oxygen atoms in total. The van der Waals surface area contributed by atoms with Gasteiger partial charge < -0.3 is 14.6 Å². The number of rotatable bonds is 4. The zero-order chi connectivity index (χ0) is 10.6. The third-order valence-electron chi connectivity index (χ3n) is 2.21. The fourth-order valence-corrected chi connectivity index (χ4v) is 1.47. The van der Waals surface area contributed by atoms with Gasteiger partial charge in [0.05, 0.1) is 7.11 Å². The van der Waals surface area contributed by atoms with Crippen molar-refractivity contribution in [3.05, 3.63) is 23.8 Å². The number of carbonyl (C=O) groups is 1. The van der Waals surface area contributed by atoms with Crippen molar-refractivity contribution in [2.75, 3.05) is 7.11 Å². The van der Waals surface area contributed by atoms with Gasteiger partial charge in [0, 0.05) is 12.0 Å². The van der Waals surface area contributed by atoms with Crippen LogP contribution in [0.5, 0.6) is 11.5 Å². The Morgan fingerprint density at radius 3 is 2.86 bits per heavy atom. The molecule has 0 aliphatic carbocycles. The van der Waals surface area contributed by atoms with Gasteiger partial charge in [0.1, 0.15) is 17.8 Å². The molecule has 0 aliphatic rings. The SMILES string of the molecule is COc1cccc(O)c1C(C)CC=O. The molecule has 1 rings (SSSR count). The second kappa shape index (κ2) is 4.65. The lowest BCUT2D eigenvalue weighted by atomic mass is 9.96. The second-order valence-corrected chi connectivity index (χ2v) is 3.20. The lowest BCUT2D eigenvalue weighted by Gasteiger charge is -2.14. The highest BCUT2D eigenvalue weighted by Crippen LogP contribution is 2.35. The monoisotopic (exact) mass is 194 g/mol. The molecule has 0 spiro atoms. The molecule has 3 heteroatoms. The highest BCUT2D eigenvalue weighted by molar-refractivity contribution is 5.55. The third-order valence-corrected chi connectivity index (χ3v) is 2.21. The molecule has 1 aromatic carbocycles. The molecule has 1 atom stereocenters. The van der Waals surface area contributed by atoms with Crippen molar-refractivity contribution in [1.82, 2.24) is 0 Å². The number of carbonyl (C=O) groups excluding carboxylic acids is 1. The summed E-state index contributed by atoms with van der Waals surface area (Å²) in [5, 5.41) is 9.62. The molecule has 1 unspecified atom stereocenters. The quantitative estimate of drug-likeness (QED) is 0.746. The first-order valence-corrected chi connectivity index (χ1v) is 4.50. The molecule has 1 aromatic rings. The van der Waals surface area contributed by atoms with Crippen LogP contribution in [0.2, 0.25) is 0 Å². The first-order valence-electron chi connectivity index (χ1n) is 4.50. The molecule has 76 valence electrons. The number of methoxy groups -OCH3 is 1. The molecule has 0 saturated heterocycles. The summed E-state index contributed by atoms with van der Waals surface area (Å²) in [7, 11) is 1.55. The van der Waals surface area contributed by atoms with Crippen molar-refractivity contribution in [3.8, 4) is 11.5 Å². The molecular formula is C11H14O3. The summed E-state index contributed by atoms with van der Waals surface area (Å²) in [6.45, 7) is 1.88. The van der Waals surface area contributed by atoms with E-state index in [2.05, 4.69) is 0 Å². The lowest BCUT2D eigenvalue weighted by molar-refractivity contribution is -0.108. The van der Waals surface area contributed by atoms with Crippen LogP contribution in [0.4, 0.5) is 0 Å². The number of phenolic OH excluding ortho intramolecular Hbond substituents is 1. The highest BCUT2D eigenvalue weighted by Gasteiger charge is 2.15. The summed E-state index contributed by atoms with van der Waals surface area (Å²) in [5.74, 6) is 0.779. The van der Waals surface area contributed by atoms with E-state index in [9.17, 15) is 9.90 Å². The van der Waals surface area contributed by atoms with E-state index in [1.54, 1.807) is 25.3 Å². The van der Waals surface area contributed by atoms with Crippen molar-refractivity contribution < 1.29 is 14.6 Å². The van der Waals surface area contributed by atoms with Crippen LogP contribution in [-0.4, -0.2) is 18.5 Å². The lowest BCUT2D eigenvalue weighted by Crippen LogP contribution is -1.98. The normalized spacial score (nSPS) is 12.1. The highest BCUT2D eigenvalue weighted by atomic mass is 16.5. The summed E-state index contributed by atoms with van der Waals surface area (Å²) in [6.07, 6.45) is 1.23. The molecule has 0 saturated carbocycles. The van der Waals surface area contributed by atoms with Crippen LogP contribution in [0.3, 0.4) is 0 Å². The van der Waals surface area contributed by atoms with Gasteiger partial charge in [-0.3, -0.25) is 0 Å². The summed E-state index contributed by atoms with van der Waals surface area (Å²) in [6, 6.07) is 5.08. The van der Waals surface area contributed by atoms with Crippen molar-refractivity contribution in [1.29, 1.82) is 0 Å². The number of phenols is 1. The molecule has 0 radical (unpaired) electrons. The van der Waals surface area contributed by atoms with Gasteiger partial charge in [0.15, 0.2) is 0 Å². The van der Waals surface area contributed by atoms with Crippen molar-refractivity contribution >= 4 is 6.29 Å². The number of aldehydes is 1. The van der Waals surface area contributed by atoms with Crippen LogP contribution < -0.4 is 4.74 Å². The molecule has 0 amide bonds. The smallest absolute Gasteiger partial charge is 0.126 e. The summed E-state index contributed by atoms with van der Waals surface area (Å²) in [5.41, 5.74) is 0.696. The molecule has 0 aromatic heterocycles. The Morgan fingerprint density at radius 2 is 2.29 bits per heavy atom. The number of benzene rings is 1. The maximum atomic E-state index is 10.4. The summed E-state index contributed by atoms with van der Waals surface area (Å²) >= 11 is 0. The largest absolute Gasteiger partial charge is 0.508 e. The van der Waals surface area contributed by atoms with Crippen LogP contribution in [0, 0.1) is 0 Å². The van der Waals surface area contributed by atoms with E-state index in [1.165, 1.54) is 0 Å². The molecule has 1 N–H and O–H groups in total. The Balaban J connectivity index is 3.09. The van der Waals surface area contributed by atoms with Gasteiger partial charge >= 0.3 is 0 Å². The number of ether oxygens (including phenoxy) is 1. The van der Waals surface area contributed by atoms with Crippen molar-refractivity contribution in [2.45, 2.75) is 19.3 Å². The van der Waals surface area contributed by atoms with Gasteiger partial charge in [-0.1, -0.05) is 13.0 Å². The Kier molecular flexibility index (Phi) is 3.51. The van der Waals surface area contributed by atoms with E-state index in [4.69, 9.17) is 4.74 Å². The maximum absolute atomic E-state index is 10.4. The molecule has 0 bridgehead atoms. The van der Waals surface area contributed by atoms with Gasteiger partial charge in [-0.15, -0.1) is 0 Å². The topological polar surface area (TPSA) is 46.5 Å². The Hall–Kier alpha value is -1.51. The van der Waals surface area contributed by atoms with E-state index >= 15 is 0 Å². The molecule has 0 heterocycles. The summed E-state index contributed by atoms with van der Waals surface area (Å²) in [4.78, 5) is 10.4. The average molecular weight is 194 g/mol. The maximum Gasteiger partial charge on any atom is 0.126 e. The van der Waals surface area contributed by atoms with Crippen LogP contribution in [0.25, 0.3) is 0 Å². The van der Waals surface area contributed by atoms with Gasteiger partial charge in [-0.25, -0.2) is 0 Å². The van der Waals surface area contributed by atoms with Crippen LogP contribution in [0.1, 0.15) is 24.8 Å².